The average Bonchev–Trinajstić information content (AvgIpc) is 3.13. The van der Waals surface area contributed by atoms with Gasteiger partial charge in [-0.2, -0.15) is 0 Å². The zero-order valence-electron chi connectivity index (χ0n) is 16.9. The Balaban J connectivity index is 1.82. The van der Waals surface area contributed by atoms with Gasteiger partial charge in [-0.05, 0) is 31.9 Å². The van der Waals surface area contributed by atoms with Gasteiger partial charge in [-0.25, -0.2) is 0 Å². The first-order valence-corrected chi connectivity index (χ1v) is 10.2. The molecule has 0 spiro atoms. The smallest absolute Gasteiger partial charge is 0.140 e. The van der Waals surface area contributed by atoms with Gasteiger partial charge >= 0.3 is 0 Å². The maximum absolute atomic E-state index is 6.30. The summed E-state index contributed by atoms with van der Waals surface area (Å²) in [5, 5.41) is 2.37. The molecule has 0 saturated heterocycles. The Hall–Kier alpha value is -3.00. The van der Waals surface area contributed by atoms with E-state index in [-0.39, 0.29) is 6.04 Å². The molecule has 0 aliphatic rings. The highest BCUT2D eigenvalue weighted by Crippen LogP contribution is 2.37. The zero-order chi connectivity index (χ0) is 19.5. The molecule has 1 atom stereocenters. The van der Waals surface area contributed by atoms with Crippen molar-refractivity contribution in [2.45, 2.75) is 33.2 Å². The van der Waals surface area contributed by atoms with Crippen LogP contribution in [0.4, 0.5) is 0 Å². The lowest BCUT2D eigenvalue weighted by Gasteiger charge is -2.33. The molecule has 4 rings (SSSR count). The second-order valence-corrected chi connectivity index (χ2v) is 7.15. The Morgan fingerprint density at radius 2 is 1.61 bits per heavy atom. The largest absolute Gasteiger partial charge is 0.456 e. The second-order valence-electron chi connectivity index (χ2n) is 7.15. The van der Waals surface area contributed by atoms with E-state index >= 15 is 0 Å². The number of rotatable bonds is 6. The molecule has 0 amide bonds. The SMILES string of the molecule is CC/C=C(\c1ccccc1)N(CC)C(C)c1cccc2c1oc1ccccc12. The fourth-order valence-electron chi connectivity index (χ4n) is 4.12. The molecule has 0 saturated carbocycles. The molecule has 0 fully saturated rings. The summed E-state index contributed by atoms with van der Waals surface area (Å²) in [6.45, 7) is 7.62. The van der Waals surface area contributed by atoms with E-state index in [4.69, 9.17) is 4.42 Å². The molecule has 1 unspecified atom stereocenters. The first-order chi connectivity index (χ1) is 13.7. The monoisotopic (exact) mass is 369 g/mol. The van der Waals surface area contributed by atoms with Gasteiger partial charge in [0.15, 0.2) is 0 Å². The van der Waals surface area contributed by atoms with Crippen molar-refractivity contribution in [1.29, 1.82) is 0 Å². The summed E-state index contributed by atoms with van der Waals surface area (Å²) in [5.74, 6) is 0. The first-order valence-electron chi connectivity index (χ1n) is 10.2. The van der Waals surface area contributed by atoms with Crippen LogP contribution in [-0.2, 0) is 0 Å². The second kappa shape index (κ2) is 7.93. The molecule has 0 radical (unpaired) electrons. The molecular weight excluding hydrogens is 342 g/mol. The summed E-state index contributed by atoms with van der Waals surface area (Å²) >= 11 is 0. The molecule has 0 bridgehead atoms. The third-order valence-electron chi connectivity index (χ3n) is 5.47. The van der Waals surface area contributed by atoms with Crippen molar-refractivity contribution in [3.63, 3.8) is 0 Å². The highest BCUT2D eigenvalue weighted by molar-refractivity contribution is 6.05. The fourth-order valence-corrected chi connectivity index (χ4v) is 4.12. The Morgan fingerprint density at radius 1 is 0.893 bits per heavy atom. The van der Waals surface area contributed by atoms with Gasteiger partial charge in [0.05, 0.1) is 6.04 Å². The summed E-state index contributed by atoms with van der Waals surface area (Å²) in [6, 6.07) is 25.7. The molecule has 1 heterocycles. The van der Waals surface area contributed by atoms with Crippen molar-refractivity contribution in [2.24, 2.45) is 0 Å². The lowest BCUT2D eigenvalue weighted by atomic mass is 10.0. The summed E-state index contributed by atoms with van der Waals surface area (Å²) < 4.78 is 6.30. The van der Waals surface area contributed by atoms with Gasteiger partial charge in [-0.1, -0.05) is 79.7 Å². The van der Waals surface area contributed by atoms with E-state index in [0.717, 1.165) is 24.1 Å². The predicted octanol–water partition coefficient (Wildman–Crippen LogP) is 7.42. The molecule has 2 nitrogen and oxygen atoms in total. The van der Waals surface area contributed by atoms with Gasteiger partial charge in [0, 0.05) is 28.6 Å². The Kier molecular flexibility index (Phi) is 5.21. The lowest BCUT2D eigenvalue weighted by Crippen LogP contribution is -2.25. The number of benzene rings is 3. The topological polar surface area (TPSA) is 16.4 Å². The van der Waals surface area contributed by atoms with Crippen LogP contribution in [-0.4, -0.2) is 11.4 Å². The molecule has 2 heteroatoms. The van der Waals surface area contributed by atoms with E-state index in [1.165, 1.54) is 27.6 Å². The predicted molar refractivity (Wildman–Crippen MR) is 119 cm³/mol. The molecule has 0 aliphatic heterocycles. The van der Waals surface area contributed by atoms with Gasteiger partial charge in [0.1, 0.15) is 11.2 Å². The normalized spacial score (nSPS) is 13.2. The van der Waals surface area contributed by atoms with E-state index in [1.807, 2.05) is 12.1 Å². The minimum atomic E-state index is 0.201. The van der Waals surface area contributed by atoms with Gasteiger partial charge in [-0.15, -0.1) is 0 Å². The number of fused-ring (bicyclic) bond motifs is 3. The summed E-state index contributed by atoms with van der Waals surface area (Å²) in [5.41, 5.74) is 5.72. The highest BCUT2D eigenvalue weighted by atomic mass is 16.3. The van der Waals surface area contributed by atoms with Crippen molar-refractivity contribution in [2.75, 3.05) is 6.54 Å². The van der Waals surface area contributed by atoms with Crippen LogP contribution in [0.25, 0.3) is 27.6 Å². The standard InChI is InChI=1S/C26H27NO/c1-4-12-24(20-13-7-6-8-14-20)27(5-2)19(3)21-16-11-17-23-22-15-9-10-18-25(22)28-26(21)23/h6-19H,4-5H2,1-3H3/b24-12+. The number of hydrogen-bond acceptors (Lipinski definition) is 2. The van der Waals surface area contributed by atoms with Crippen LogP contribution in [0, 0.1) is 0 Å². The van der Waals surface area contributed by atoms with E-state index in [9.17, 15) is 0 Å². The van der Waals surface area contributed by atoms with E-state index in [2.05, 4.69) is 92.4 Å². The Morgan fingerprint density at radius 3 is 2.36 bits per heavy atom. The fraction of sp³-hybridized carbons (Fsp3) is 0.231. The molecule has 4 aromatic rings. The van der Waals surface area contributed by atoms with Crippen LogP contribution in [0.15, 0.2) is 83.3 Å². The molecule has 28 heavy (non-hydrogen) atoms. The minimum Gasteiger partial charge on any atom is -0.456 e. The van der Waals surface area contributed by atoms with Crippen LogP contribution in [0.1, 0.15) is 44.4 Å². The Labute approximate surface area is 167 Å². The molecule has 0 aliphatic carbocycles. The first kappa shape index (κ1) is 18.4. The maximum Gasteiger partial charge on any atom is 0.140 e. The van der Waals surface area contributed by atoms with E-state index in [1.54, 1.807) is 0 Å². The van der Waals surface area contributed by atoms with Crippen LogP contribution in [0.5, 0.6) is 0 Å². The van der Waals surface area contributed by atoms with Crippen LogP contribution >= 0.6 is 0 Å². The van der Waals surface area contributed by atoms with E-state index < -0.39 is 0 Å². The lowest BCUT2D eigenvalue weighted by molar-refractivity contribution is 0.332. The number of hydrogen-bond donors (Lipinski definition) is 0. The number of para-hydroxylation sites is 2. The highest BCUT2D eigenvalue weighted by Gasteiger charge is 2.22. The van der Waals surface area contributed by atoms with Crippen molar-refractivity contribution in [3.05, 3.63) is 90.0 Å². The third-order valence-corrected chi connectivity index (χ3v) is 5.47. The third kappa shape index (κ3) is 3.20. The van der Waals surface area contributed by atoms with Crippen molar-refractivity contribution >= 4 is 27.6 Å². The summed E-state index contributed by atoms with van der Waals surface area (Å²) in [7, 11) is 0. The van der Waals surface area contributed by atoms with Crippen molar-refractivity contribution < 1.29 is 4.42 Å². The van der Waals surface area contributed by atoms with Crippen LogP contribution in [0.2, 0.25) is 0 Å². The Bertz CT molecular complexity index is 1110. The van der Waals surface area contributed by atoms with Gasteiger partial charge in [-0.3, -0.25) is 0 Å². The van der Waals surface area contributed by atoms with Crippen LogP contribution < -0.4 is 0 Å². The van der Waals surface area contributed by atoms with Gasteiger partial charge in [0.2, 0.25) is 0 Å². The molecule has 1 aromatic heterocycles. The van der Waals surface area contributed by atoms with Crippen LogP contribution in [0.3, 0.4) is 0 Å². The van der Waals surface area contributed by atoms with Crippen molar-refractivity contribution in [3.8, 4) is 0 Å². The van der Waals surface area contributed by atoms with Gasteiger partial charge < -0.3 is 9.32 Å². The number of furan rings is 1. The van der Waals surface area contributed by atoms with Crippen molar-refractivity contribution in [1.82, 2.24) is 4.90 Å². The molecule has 3 aromatic carbocycles. The number of nitrogens with zero attached hydrogens (tertiary/aromatic N) is 1. The zero-order valence-corrected chi connectivity index (χ0v) is 16.9. The average molecular weight is 370 g/mol. The summed E-state index contributed by atoms with van der Waals surface area (Å²) in [6.07, 6.45) is 3.33. The maximum atomic E-state index is 6.30. The molecular formula is C26H27NO. The number of allylic oxidation sites excluding steroid dienone is 1. The minimum absolute atomic E-state index is 0.201. The summed E-state index contributed by atoms with van der Waals surface area (Å²) in [4.78, 5) is 2.47. The van der Waals surface area contributed by atoms with Gasteiger partial charge in [0.25, 0.3) is 0 Å². The molecule has 142 valence electrons. The van der Waals surface area contributed by atoms with E-state index in [0.29, 0.717) is 0 Å². The molecule has 0 N–H and O–H groups in total. The quantitative estimate of drug-likeness (QED) is 0.351.